The maximum absolute atomic E-state index is 13.1. The molecule has 3 rings (SSSR count). The fourth-order valence-electron chi connectivity index (χ4n) is 3.81. The zero-order valence-electron chi connectivity index (χ0n) is 15.5. The molecule has 0 bridgehead atoms. The van der Waals surface area contributed by atoms with Gasteiger partial charge in [0.2, 0.25) is 5.91 Å². The number of hydrogen-bond acceptors (Lipinski definition) is 5. The summed E-state index contributed by atoms with van der Waals surface area (Å²) in [6, 6.07) is 1.63. The fourth-order valence-corrected chi connectivity index (χ4v) is 3.81. The highest BCUT2D eigenvalue weighted by molar-refractivity contribution is 5.92. The second-order valence-electron chi connectivity index (χ2n) is 7.23. The quantitative estimate of drug-likeness (QED) is 0.805. The Morgan fingerprint density at radius 2 is 2.04 bits per heavy atom. The van der Waals surface area contributed by atoms with E-state index in [4.69, 9.17) is 9.26 Å². The molecule has 7 nitrogen and oxygen atoms in total. The summed E-state index contributed by atoms with van der Waals surface area (Å²) < 4.78 is 11.0. The first kappa shape index (κ1) is 18.9. The van der Waals surface area contributed by atoms with Gasteiger partial charge in [-0.15, -0.1) is 0 Å². The molecular formula is C19H29N3O4. The Morgan fingerprint density at radius 3 is 2.73 bits per heavy atom. The van der Waals surface area contributed by atoms with E-state index in [0.717, 1.165) is 45.1 Å². The van der Waals surface area contributed by atoms with Crippen molar-refractivity contribution in [2.24, 2.45) is 5.92 Å². The van der Waals surface area contributed by atoms with Gasteiger partial charge in [-0.05, 0) is 32.6 Å². The van der Waals surface area contributed by atoms with Gasteiger partial charge in [0.25, 0.3) is 5.91 Å². The van der Waals surface area contributed by atoms with Crippen LogP contribution in [0, 0.1) is 5.92 Å². The van der Waals surface area contributed by atoms with E-state index in [-0.39, 0.29) is 29.5 Å². The molecule has 26 heavy (non-hydrogen) atoms. The molecule has 2 aliphatic rings. The van der Waals surface area contributed by atoms with Gasteiger partial charge in [-0.25, -0.2) is 0 Å². The Hall–Kier alpha value is -1.89. The fraction of sp³-hybridized carbons (Fsp3) is 0.737. The molecule has 1 unspecified atom stereocenters. The highest BCUT2D eigenvalue weighted by atomic mass is 16.5. The summed E-state index contributed by atoms with van der Waals surface area (Å²) in [7, 11) is 0. The summed E-state index contributed by atoms with van der Waals surface area (Å²) in [6.07, 6.45) is 7.49. The minimum absolute atomic E-state index is 0.0910. The predicted octanol–water partition coefficient (Wildman–Crippen LogP) is 2.51. The van der Waals surface area contributed by atoms with Crippen LogP contribution in [0.5, 0.6) is 0 Å². The van der Waals surface area contributed by atoms with Crippen molar-refractivity contribution in [1.82, 2.24) is 15.4 Å². The van der Waals surface area contributed by atoms with Crippen LogP contribution in [0.15, 0.2) is 10.6 Å². The molecule has 1 aromatic rings. The zero-order valence-corrected chi connectivity index (χ0v) is 15.5. The van der Waals surface area contributed by atoms with Gasteiger partial charge in [-0.2, -0.15) is 0 Å². The Morgan fingerprint density at radius 1 is 1.23 bits per heavy atom. The molecule has 1 N–H and O–H groups in total. The maximum atomic E-state index is 13.1. The number of carbonyl (C=O) groups is 2. The summed E-state index contributed by atoms with van der Waals surface area (Å²) in [4.78, 5) is 26.8. The Labute approximate surface area is 154 Å². The topological polar surface area (TPSA) is 84.7 Å². The van der Waals surface area contributed by atoms with Gasteiger partial charge < -0.3 is 19.5 Å². The lowest BCUT2D eigenvalue weighted by molar-refractivity contribution is -0.139. The van der Waals surface area contributed by atoms with Crippen LogP contribution >= 0.6 is 0 Å². The third kappa shape index (κ3) is 4.84. The van der Waals surface area contributed by atoms with Gasteiger partial charge >= 0.3 is 0 Å². The van der Waals surface area contributed by atoms with Gasteiger partial charge in [-0.1, -0.05) is 24.4 Å². The monoisotopic (exact) mass is 363 g/mol. The molecular weight excluding hydrogens is 334 g/mol. The maximum Gasteiger partial charge on any atom is 0.273 e. The molecule has 1 aliphatic carbocycles. The van der Waals surface area contributed by atoms with Crippen LogP contribution < -0.4 is 5.32 Å². The lowest BCUT2D eigenvalue weighted by Crippen LogP contribution is -2.41. The van der Waals surface area contributed by atoms with E-state index in [1.807, 2.05) is 11.8 Å². The number of amides is 2. The minimum Gasteiger partial charge on any atom is -0.376 e. The van der Waals surface area contributed by atoms with Crippen molar-refractivity contribution < 1.29 is 18.8 Å². The predicted molar refractivity (Wildman–Crippen MR) is 95.5 cm³/mol. The molecule has 2 fully saturated rings. The van der Waals surface area contributed by atoms with Crippen LogP contribution in [0.2, 0.25) is 0 Å². The summed E-state index contributed by atoms with van der Waals surface area (Å²) in [5.41, 5.74) is 0.254. The molecule has 1 saturated heterocycles. The number of hydrogen-bond donors (Lipinski definition) is 1. The Kier molecular flexibility index (Phi) is 6.66. The smallest absolute Gasteiger partial charge is 0.273 e. The van der Waals surface area contributed by atoms with Crippen LogP contribution in [0.4, 0.5) is 0 Å². The molecule has 1 saturated carbocycles. The number of rotatable bonds is 7. The number of aromatic nitrogens is 1. The van der Waals surface area contributed by atoms with Crippen LogP contribution in [0.1, 0.15) is 68.1 Å². The third-order valence-corrected chi connectivity index (χ3v) is 5.19. The van der Waals surface area contributed by atoms with E-state index < -0.39 is 0 Å². The first-order chi connectivity index (χ1) is 12.7. The summed E-state index contributed by atoms with van der Waals surface area (Å²) >= 11 is 0. The second-order valence-corrected chi connectivity index (χ2v) is 7.23. The van der Waals surface area contributed by atoms with Crippen molar-refractivity contribution in [2.45, 2.75) is 64.5 Å². The number of ether oxygens (including phenoxy) is 1. The third-order valence-electron chi connectivity index (χ3n) is 5.19. The number of carbonyl (C=O) groups excluding carboxylic acids is 2. The Bertz CT molecular complexity index is 604. The van der Waals surface area contributed by atoms with E-state index in [1.54, 1.807) is 6.07 Å². The summed E-state index contributed by atoms with van der Waals surface area (Å²) in [5.74, 6) is 0.548. The average molecular weight is 363 g/mol. The van der Waals surface area contributed by atoms with E-state index in [2.05, 4.69) is 10.5 Å². The molecule has 2 amide bonds. The van der Waals surface area contributed by atoms with Crippen LogP contribution in [0.25, 0.3) is 0 Å². The Balaban J connectivity index is 1.68. The highest BCUT2D eigenvalue weighted by Crippen LogP contribution is 2.27. The average Bonchev–Trinajstić information content (AvgIpc) is 3.33. The standard InChI is InChI=1S/C19H29N3O4/c1-2-20-18(23)17-11-16(26-21-17)13-22(12-15-9-6-10-25-15)19(24)14-7-4-3-5-8-14/h11,14-15H,2-10,12-13H2,1H3,(H,20,23). The molecule has 1 atom stereocenters. The normalized spacial score (nSPS) is 20.9. The molecule has 0 radical (unpaired) electrons. The second kappa shape index (κ2) is 9.16. The first-order valence-corrected chi connectivity index (χ1v) is 9.81. The van der Waals surface area contributed by atoms with Crippen molar-refractivity contribution in [1.29, 1.82) is 0 Å². The van der Waals surface area contributed by atoms with Crippen molar-refractivity contribution in [2.75, 3.05) is 19.7 Å². The first-order valence-electron chi connectivity index (χ1n) is 9.81. The van der Waals surface area contributed by atoms with Crippen LogP contribution in [-0.4, -0.2) is 47.7 Å². The number of nitrogens with zero attached hydrogens (tertiary/aromatic N) is 2. The van der Waals surface area contributed by atoms with Crippen molar-refractivity contribution in [3.63, 3.8) is 0 Å². The van der Waals surface area contributed by atoms with Crippen molar-refractivity contribution in [3.8, 4) is 0 Å². The molecule has 7 heteroatoms. The van der Waals surface area contributed by atoms with E-state index in [9.17, 15) is 9.59 Å². The van der Waals surface area contributed by atoms with Gasteiger partial charge in [-0.3, -0.25) is 9.59 Å². The summed E-state index contributed by atoms with van der Waals surface area (Å²) in [6.45, 7) is 4.06. The molecule has 0 aromatic carbocycles. The lowest BCUT2D eigenvalue weighted by atomic mass is 9.88. The van der Waals surface area contributed by atoms with Gasteiger partial charge in [0.15, 0.2) is 11.5 Å². The van der Waals surface area contributed by atoms with Crippen LogP contribution in [-0.2, 0) is 16.1 Å². The van der Waals surface area contributed by atoms with Crippen molar-refractivity contribution in [3.05, 3.63) is 17.5 Å². The van der Waals surface area contributed by atoms with Crippen LogP contribution in [0.3, 0.4) is 0 Å². The zero-order chi connectivity index (χ0) is 18.4. The van der Waals surface area contributed by atoms with E-state index in [1.165, 1.54) is 6.42 Å². The van der Waals surface area contributed by atoms with Gasteiger partial charge in [0.1, 0.15) is 0 Å². The van der Waals surface area contributed by atoms with Crippen molar-refractivity contribution >= 4 is 11.8 Å². The van der Waals surface area contributed by atoms with Gasteiger partial charge in [0.05, 0.1) is 12.6 Å². The summed E-state index contributed by atoms with van der Waals surface area (Å²) in [5, 5.41) is 6.53. The largest absolute Gasteiger partial charge is 0.376 e. The highest BCUT2D eigenvalue weighted by Gasteiger charge is 2.30. The minimum atomic E-state index is -0.258. The van der Waals surface area contributed by atoms with Gasteiger partial charge in [0, 0.05) is 31.7 Å². The van der Waals surface area contributed by atoms with E-state index in [0.29, 0.717) is 25.4 Å². The SMILES string of the molecule is CCNC(=O)c1cc(CN(CC2CCCO2)C(=O)C2CCCCC2)on1. The number of nitrogens with one attached hydrogen (secondary N) is 1. The molecule has 2 heterocycles. The molecule has 144 valence electrons. The molecule has 0 spiro atoms. The molecule has 1 aliphatic heterocycles. The molecule has 1 aromatic heterocycles. The van der Waals surface area contributed by atoms with E-state index >= 15 is 0 Å². The lowest BCUT2D eigenvalue weighted by Gasteiger charge is -2.30.